The molecule has 1 amide bonds. The third-order valence-electron chi connectivity index (χ3n) is 4.79. The van der Waals surface area contributed by atoms with Crippen LogP contribution in [0.3, 0.4) is 0 Å². The standard InChI is InChI=1S/C21H20Cl2N4O3/c1-4-29-21(14-7-5-6-8-16(14)23)15-11-13(22)9-10-17(15)27-18(12-30-21)24-19(25-27)20(28)26(2)3/h5-11H,4,12H2,1-3H3. The molecule has 9 heteroatoms. The van der Waals surface area contributed by atoms with Gasteiger partial charge in [-0.15, -0.1) is 5.10 Å². The average molecular weight is 447 g/mol. The predicted octanol–water partition coefficient (Wildman–Crippen LogP) is 4.04. The summed E-state index contributed by atoms with van der Waals surface area (Å²) in [6, 6.07) is 12.6. The fraction of sp³-hybridized carbons (Fsp3) is 0.286. The Hall–Kier alpha value is -2.45. The first-order chi connectivity index (χ1) is 14.4. The van der Waals surface area contributed by atoms with E-state index in [0.29, 0.717) is 39.3 Å². The van der Waals surface area contributed by atoms with Gasteiger partial charge in [0.1, 0.15) is 6.61 Å². The Morgan fingerprint density at radius 2 is 2.00 bits per heavy atom. The van der Waals surface area contributed by atoms with Crippen molar-refractivity contribution < 1.29 is 14.3 Å². The second-order valence-electron chi connectivity index (χ2n) is 6.94. The van der Waals surface area contributed by atoms with E-state index in [1.54, 1.807) is 43.0 Å². The number of amides is 1. The van der Waals surface area contributed by atoms with Crippen molar-refractivity contribution in [3.8, 4) is 5.69 Å². The maximum Gasteiger partial charge on any atom is 0.293 e. The minimum atomic E-state index is -1.32. The molecule has 1 atom stereocenters. The number of hydrogen-bond donors (Lipinski definition) is 0. The van der Waals surface area contributed by atoms with Crippen molar-refractivity contribution in [1.29, 1.82) is 0 Å². The zero-order valence-corrected chi connectivity index (χ0v) is 18.2. The molecule has 0 N–H and O–H groups in total. The largest absolute Gasteiger partial charge is 0.342 e. The molecule has 0 radical (unpaired) electrons. The molecule has 0 aliphatic carbocycles. The summed E-state index contributed by atoms with van der Waals surface area (Å²) < 4.78 is 14.1. The Morgan fingerprint density at radius 3 is 2.70 bits per heavy atom. The van der Waals surface area contributed by atoms with Gasteiger partial charge in [-0.05, 0) is 31.2 Å². The highest BCUT2D eigenvalue weighted by atomic mass is 35.5. The summed E-state index contributed by atoms with van der Waals surface area (Å²) in [5, 5.41) is 5.44. The third-order valence-corrected chi connectivity index (χ3v) is 5.36. The summed E-state index contributed by atoms with van der Waals surface area (Å²) in [5.74, 6) is -1.06. The van der Waals surface area contributed by atoms with E-state index in [-0.39, 0.29) is 18.3 Å². The monoisotopic (exact) mass is 446 g/mol. The Kier molecular flexibility index (Phi) is 5.55. The van der Waals surface area contributed by atoms with Crippen LogP contribution in [-0.4, -0.2) is 46.3 Å². The zero-order valence-electron chi connectivity index (χ0n) is 16.7. The molecule has 7 nitrogen and oxygen atoms in total. The number of nitrogens with zero attached hydrogens (tertiary/aromatic N) is 4. The minimum absolute atomic E-state index is 0.0469. The van der Waals surface area contributed by atoms with Crippen molar-refractivity contribution in [3.63, 3.8) is 0 Å². The smallest absolute Gasteiger partial charge is 0.293 e. The summed E-state index contributed by atoms with van der Waals surface area (Å²) in [5.41, 5.74) is 1.91. The number of carbonyl (C=O) groups excluding carboxylic acids is 1. The van der Waals surface area contributed by atoms with Crippen LogP contribution in [0.5, 0.6) is 0 Å². The van der Waals surface area contributed by atoms with Gasteiger partial charge in [0.05, 0.1) is 5.69 Å². The summed E-state index contributed by atoms with van der Waals surface area (Å²) in [4.78, 5) is 18.2. The first kappa shape index (κ1) is 20.8. The van der Waals surface area contributed by atoms with E-state index < -0.39 is 5.79 Å². The molecule has 0 spiro atoms. The Labute approximate surface area is 184 Å². The number of ether oxygens (including phenoxy) is 2. The fourth-order valence-electron chi connectivity index (χ4n) is 3.47. The van der Waals surface area contributed by atoms with Gasteiger partial charge in [-0.25, -0.2) is 9.67 Å². The van der Waals surface area contributed by atoms with E-state index in [2.05, 4.69) is 10.1 Å². The van der Waals surface area contributed by atoms with Gasteiger partial charge in [-0.3, -0.25) is 4.79 Å². The van der Waals surface area contributed by atoms with Gasteiger partial charge in [-0.2, -0.15) is 0 Å². The number of aromatic nitrogens is 3. The molecule has 1 aromatic heterocycles. The lowest BCUT2D eigenvalue weighted by atomic mass is 9.95. The van der Waals surface area contributed by atoms with E-state index in [9.17, 15) is 4.79 Å². The molecule has 1 unspecified atom stereocenters. The van der Waals surface area contributed by atoms with Crippen molar-refractivity contribution in [3.05, 3.63) is 75.3 Å². The SMILES string of the molecule is CCOC1(c2ccccc2Cl)OCc2nc(C(=O)N(C)C)nn2-c2ccc(Cl)cc21. The molecule has 4 rings (SSSR count). The molecule has 1 aliphatic rings. The van der Waals surface area contributed by atoms with E-state index >= 15 is 0 Å². The van der Waals surface area contributed by atoms with Gasteiger partial charge >= 0.3 is 0 Å². The van der Waals surface area contributed by atoms with Crippen molar-refractivity contribution in [2.75, 3.05) is 20.7 Å². The van der Waals surface area contributed by atoms with Crippen molar-refractivity contribution >= 4 is 29.1 Å². The summed E-state index contributed by atoms with van der Waals surface area (Å²) >= 11 is 12.9. The highest BCUT2D eigenvalue weighted by Crippen LogP contribution is 2.44. The van der Waals surface area contributed by atoms with Crippen LogP contribution < -0.4 is 0 Å². The van der Waals surface area contributed by atoms with Crippen molar-refractivity contribution in [1.82, 2.24) is 19.7 Å². The Bertz CT molecular complexity index is 1120. The third kappa shape index (κ3) is 3.37. The van der Waals surface area contributed by atoms with Gasteiger partial charge in [0.15, 0.2) is 5.82 Å². The van der Waals surface area contributed by atoms with Crippen molar-refractivity contribution in [2.24, 2.45) is 0 Å². The quantitative estimate of drug-likeness (QED) is 0.604. The lowest BCUT2D eigenvalue weighted by Crippen LogP contribution is -2.35. The number of hydrogen-bond acceptors (Lipinski definition) is 5. The van der Waals surface area contributed by atoms with Crippen LogP contribution >= 0.6 is 23.2 Å². The normalized spacial score (nSPS) is 17.8. The van der Waals surface area contributed by atoms with Crippen molar-refractivity contribution in [2.45, 2.75) is 19.3 Å². The van der Waals surface area contributed by atoms with E-state index in [4.69, 9.17) is 32.7 Å². The molecule has 0 saturated heterocycles. The second kappa shape index (κ2) is 8.00. The lowest BCUT2D eigenvalue weighted by Gasteiger charge is -2.34. The highest BCUT2D eigenvalue weighted by Gasteiger charge is 2.43. The van der Waals surface area contributed by atoms with E-state index in [1.165, 1.54) is 4.90 Å². The molecule has 0 saturated carbocycles. The van der Waals surface area contributed by atoms with Gasteiger partial charge in [0.2, 0.25) is 11.6 Å². The number of carbonyl (C=O) groups is 1. The molecule has 30 heavy (non-hydrogen) atoms. The van der Waals surface area contributed by atoms with Gasteiger partial charge in [-0.1, -0.05) is 41.4 Å². The maximum absolute atomic E-state index is 12.4. The van der Waals surface area contributed by atoms with E-state index in [1.807, 2.05) is 25.1 Å². The van der Waals surface area contributed by atoms with Crippen LogP contribution in [0.1, 0.15) is 34.5 Å². The molecule has 3 aromatic rings. The molecule has 156 valence electrons. The molecular weight excluding hydrogens is 427 g/mol. The number of rotatable bonds is 4. The molecule has 2 aromatic carbocycles. The maximum atomic E-state index is 12.4. The topological polar surface area (TPSA) is 69.5 Å². The Balaban J connectivity index is 1.98. The molecule has 0 fully saturated rings. The van der Waals surface area contributed by atoms with Gasteiger partial charge in [0, 0.05) is 41.9 Å². The van der Waals surface area contributed by atoms with Crippen LogP contribution in [0, 0.1) is 0 Å². The average Bonchev–Trinajstić information content (AvgIpc) is 3.10. The molecule has 2 heterocycles. The first-order valence-electron chi connectivity index (χ1n) is 9.38. The number of halogens is 2. The van der Waals surface area contributed by atoms with Crippen LogP contribution in [0.25, 0.3) is 5.69 Å². The predicted molar refractivity (Wildman–Crippen MR) is 113 cm³/mol. The molecular formula is C21H20Cl2N4O3. The molecule has 0 bridgehead atoms. The van der Waals surface area contributed by atoms with Crippen LogP contribution in [0.2, 0.25) is 10.0 Å². The zero-order chi connectivity index (χ0) is 21.5. The lowest BCUT2D eigenvalue weighted by molar-refractivity contribution is -0.221. The van der Waals surface area contributed by atoms with Crippen LogP contribution in [-0.2, 0) is 21.9 Å². The van der Waals surface area contributed by atoms with Crippen LogP contribution in [0.4, 0.5) is 0 Å². The second-order valence-corrected chi connectivity index (χ2v) is 7.79. The first-order valence-corrected chi connectivity index (χ1v) is 10.1. The van der Waals surface area contributed by atoms with Gasteiger partial charge in [0.25, 0.3) is 5.91 Å². The van der Waals surface area contributed by atoms with E-state index in [0.717, 1.165) is 0 Å². The van der Waals surface area contributed by atoms with Gasteiger partial charge < -0.3 is 14.4 Å². The number of benzene rings is 2. The summed E-state index contributed by atoms with van der Waals surface area (Å²) in [6.07, 6.45) is 0. The summed E-state index contributed by atoms with van der Waals surface area (Å²) in [6.45, 7) is 2.28. The highest BCUT2D eigenvalue weighted by molar-refractivity contribution is 6.31. The minimum Gasteiger partial charge on any atom is -0.342 e. The molecule has 1 aliphatic heterocycles. The summed E-state index contributed by atoms with van der Waals surface area (Å²) in [7, 11) is 3.30. The number of fused-ring (bicyclic) bond motifs is 3. The Morgan fingerprint density at radius 1 is 1.23 bits per heavy atom. The fourth-order valence-corrected chi connectivity index (χ4v) is 3.91. The van der Waals surface area contributed by atoms with Crippen LogP contribution in [0.15, 0.2) is 42.5 Å².